The first-order valence-corrected chi connectivity index (χ1v) is 3.85. The van der Waals surface area contributed by atoms with Gasteiger partial charge in [-0.2, -0.15) is 0 Å². The molecule has 74 valence electrons. The van der Waals surface area contributed by atoms with E-state index in [9.17, 15) is 5.11 Å². The van der Waals surface area contributed by atoms with E-state index in [-0.39, 0.29) is 18.2 Å². The van der Waals surface area contributed by atoms with Crippen LogP contribution < -0.4 is 5.32 Å². The predicted octanol–water partition coefficient (Wildman–Crippen LogP) is 1.07. The molecule has 0 heterocycles. The monoisotopic (exact) mass is 203 g/mol. The molecule has 0 aromatic heterocycles. The number of hydrogen-bond donors (Lipinski definition) is 3. The minimum Gasteiger partial charge on any atom is -0.508 e. The van der Waals surface area contributed by atoms with Crippen LogP contribution in [0, 0.1) is 0 Å². The molecule has 1 rings (SSSR count). The fourth-order valence-corrected chi connectivity index (χ4v) is 1.01. The number of benzene rings is 1. The number of likely N-dealkylation sites (N-methyl/N-ethyl adjacent to an activating group) is 1. The van der Waals surface area contributed by atoms with Gasteiger partial charge in [0.1, 0.15) is 5.75 Å². The zero-order chi connectivity index (χ0) is 8.97. The summed E-state index contributed by atoms with van der Waals surface area (Å²) >= 11 is 0. The average Bonchev–Trinajstić information content (AvgIpc) is 2.06. The standard InChI is InChI=1S/C9H13NO2.ClH/c1-10-6-9(12)7-2-4-8(11)5-3-7;/h2-5,9-12H,6H2,1H3;1H. The van der Waals surface area contributed by atoms with Gasteiger partial charge < -0.3 is 15.5 Å². The third-order valence-electron chi connectivity index (χ3n) is 1.68. The summed E-state index contributed by atoms with van der Waals surface area (Å²) in [5, 5.41) is 21.3. The summed E-state index contributed by atoms with van der Waals surface area (Å²) in [5.41, 5.74) is 0.808. The van der Waals surface area contributed by atoms with E-state index in [0.717, 1.165) is 5.56 Å². The van der Waals surface area contributed by atoms with Crippen LogP contribution in [0.5, 0.6) is 5.75 Å². The van der Waals surface area contributed by atoms with Crippen molar-refractivity contribution in [1.82, 2.24) is 5.32 Å². The number of phenols is 1. The van der Waals surface area contributed by atoms with Crippen LogP contribution in [-0.2, 0) is 0 Å². The van der Waals surface area contributed by atoms with Gasteiger partial charge >= 0.3 is 0 Å². The Balaban J connectivity index is 0.00000144. The van der Waals surface area contributed by atoms with Gasteiger partial charge in [-0.05, 0) is 24.7 Å². The van der Waals surface area contributed by atoms with Crippen molar-refractivity contribution in [2.75, 3.05) is 13.6 Å². The van der Waals surface area contributed by atoms with Gasteiger partial charge in [-0.1, -0.05) is 12.1 Å². The number of phenolic OH excluding ortho intramolecular Hbond substituents is 1. The Morgan fingerprint density at radius 1 is 1.31 bits per heavy atom. The second-order valence-electron chi connectivity index (χ2n) is 2.67. The number of rotatable bonds is 3. The van der Waals surface area contributed by atoms with Crippen molar-refractivity contribution in [3.05, 3.63) is 29.8 Å². The summed E-state index contributed by atoms with van der Waals surface area (Å²) in [7, 11) is 1.78. The summed E-state index contributed by atoms with van der Waals surface area (Å²) in [6, 6.07) is 6.54. The molecule has 0 saturated carbocycles. The average molecular weight is 204 g/mol. The lowest BCUT2D eigenvalue weighted by Crippen LogP contribution is -2.16. The van der Waals surface area contributed by atoms with Crippen molar-refractivity contribution in [2.24, 2.45) is 0 Å². The number of aliphatic hydroxyl groups is 1. The number of nitrogens with one attached hydrogen (secondary N) is 1. The van der Waals surface area contributed by atoms with E-state index in [1.165, 1.54) is 0 Å². The molecule has 0 saturated heterocycles. The summed E-state index contributed by atoms with van der Waals surface area (Å²) in [6.45, 7) is 0.519. The van der Waals surface area contributed by atoms with Crippen LogP contribution in [0.1, 0.15) is 11.7 Å². The van der Waals surface area contributed by atoms with Gasteiger partial charge in [-0.25, -0.2) is 0 Å². The summed E-state index contributed by atoms with van der Waals surface area (Å²) in [4.78, 5) is 0. The Bertz CT molecular complexity index is 238. The van der Waals surface area contributed by atoms with Gasteiger partial charge in [0.15, 0.2) is 0 Å². The minimum absolute atomic E-state index is 0. The highest BCUT2D eigenvalue weighted by Crippen LogP contribution is 2.15. The summed E-state index contributed by atoms with van der Waals surface area (Å²) in [5.74, 6) is 0.218. The van der Waals surface area contributed by atoms with E-state index in [4.69, 9.17) is 5.11 Å². The molecule has 0 spiro atoms. The molecule has 3 nitrogen and oxygen atoms in total. The van der Waals surface area contributed by atoms with E-state index in [1.54, 1.807) is 31.3 Å². The van der Waals surface area contributed by atoms with E-state index in [2.05, 4.69) is 5.32 Å². The Morgan fingerprint density at radius 2 is 1.85 bits per heavy atom. The molecule has 1 unspecified atom stereocenters. The van der Waals surface area contributed by atoms with Crippen LogP contribution in [0.25, 0.3) is 0 Å². The first kappa shape index (κ1) is 12.2. The SMILES string of the molecule is CNCC(O)c1ccc(O)cc1.Cl. The van der Waals surface area contributed by atoms with Gasteiger partial charge in [0.05, 0.1) is 6.10 Å². The zero-order valence-electron chi connectivity index (χ0n) is 7.40. The number of aliphatic hydroxyl groups excluding tert-OH is 1. The third-order valence-corrected chi connectivity index (χ3v) is 1.68. The van der Waals surface area contributed by atoms with Crippen LogP contribution in [0.2, 0.25) is 0 Å². The maximum absolute atomic E-state index is 9.47. The van der Waals surface area contributed by atoms with Crippen LogP contribution >= 0.6 is 12.4 Å². The van der Waals surface area contributed by atoms with E-state index >= 15 is 0 Å². The predicted molar refractivity (Wildman–Crippen MR) is 54.2 cm³/mol. The molecule has 1 atom stereocenters. The highest BCUT2D eigenvalue weighted by Gasteiger charge is 2.04. The molecular weight excluding hydrogens is 190 g/mol. The Hall–Kier alpha value is -0.770. The van der Waals surface area contributed by atoms with E-state index in [1.807, 2.05) is 0 Å². The summed E-state index contributed by atoms with van der Waals surface area (Å²) < 4.78 is 0. The molecular formula is C9H14ClNO2. The van der Waals surface area contributed by atoms with Crippen molar-refractivity contribution in [3.8, 4) is 5.75 Å². The first-order valence-electron chi connectivity index (χ1n) is 3.85. The molecule has 0 bridgehead atoms. The van der Waals surface area contributed by atoms with Crippen LogP contribution in [0.4, 0.5) is 0 Å². The smallest absolute Gasteiger partial charge is 0.115 e. The van der Waals surface area contributed by atoms with Crippen LogP contribution in [0.3, 0.4) is 0 Å². The highest BCUT2D eigenvalue weighted by molar-refractivity contribution is 5.85. The van der Waals surface area contributed by atoms with Gasteiger partial charge in [-0.3, -0.25) is 0 Å². The lowest BCUT2D eigenvalue weighted by Gasteiger charge is -2.09. The maximum atomic E-state index is 9.47. The van der Waals surface area contributed by atoms with E-state index < -0.39 is 6.10 Å². The van der Waals surface area contributed by atoms with Crippen molar-refractivity contribution >= 4 is 12.4 Å². The molecule has 4 heteroatoms. The van der Waals surface area contributed by atoms with E-state index in [0.29, 0.717) is 6.54 Å². The molecule has 0 fully saturated rings. The van der Waals surface area contributed by atoms with Crippen molar-refractivity contribution < 1.29 is 10.2 Å². The highest BCUT2D eigenvalue weighted by atomic mass is 35.5. The first-order chi connectivity index (χ1) is 5.74. The second kappa shape index (κ2) is 5.80. The zero-order valence-corrected chi connectivity index (χ0v) is 8.21. The topological polar surface area (TPSA) is 52.5 Å². The number of aromatic hydroxyl groups is 1. The molecule has 1 aromatic carbocycles. The molecule has 0 radical (unpaired) electrons. The van der Waals surface area contributed by atoms with Gasteiger partial charge in [0.2, 0.25) is 0 Å². The lowest BCUT2D eigenvalue weighted by molar-refractivity contribution is 0.177. The van der Waals surface area contributed by atoms with Gasteiger partial charge in [0, 0.05) is 6.54 Å². The normalized spacial score (nSPS) is 11.8. The summed E-state index contributed by atoms with van der Waals surface area (Å²) in [6.07, 6.45) is -0.504. The fraction of sp³-hybridized carbons (Fsp3) is 0.333. The minimum atomic E-state index is -0.504. The Kier molecular flexibility index (Phi) is 5.46. The maximum Gasteiger partial charge on any atom is 0.115 e. The third kappa shape index (κ3) is 3.63. The molecule has 1 aromatic rings. The Morgan fingerprint density at radius 3 is 2.31 bits per heavy atom. The van der Waals surface area contributed by atoms with Crippen LogP contribution in [-0.4, -0.2) is 23.8 Å². The lowest BCUT2D eigenvalue weighted by atomic mass is 10.1. The van der Waals surface area contributed by atoms with Gasteiger partial charge in [-0.15, -0.1) is 12.4 Å². The second-order valence-corrected chi connectivity index (χ2v) is 2.67. The van der Waals surface area contributed by atoms with Crippen LogP contribution in [0.15, 0.2) is 24.3 Å². The quantitative estimate of drug-likeness (QED) is 0.689. The molecule has 0 amide bonds. The van der Waals surface area contributed by atoms with Crippen molar-refractivity contribution in [2.45, 2.75) is 6.10 Å². The molecule has 3 N–H and O–H groups in total. The fourth-order valence-electron chi connectivity index (χ4n) is 1.01. The van der Waals surface area contributed by atoms with Gasteiger partial charge in [0.25, 0.3) is 0 Å². The Labute approximate surface area is 83.8 Å². The van der Waals surface area contributed by atoms with Crippen molar-refractivity contribution in [3.63, 3.8) is 0 Å². The molecule has 13 heavy (non-hydrogen) atoms. The molecule has 0 aliphatic heterocycles. The largest absolute Gasteiger partial charge is 0.508 e. The molecule has 0 aliphatic rings. The number of halogens is 1. The van der Waals surface area contributed by atoms with Crippen molar-refractivity contribution in [1.29, 1.82) is 0 Å². The molecule has 0 aliphatic carbocycles. The number of hydrogen-bond acceptors (Lipinski definition) is 3.